The number of carbonyl (C=O) groups excluding carboxylic acids is 1. The number of amides is 1. The largest absolute Gasteiger partial charge is 0.368 e. The van der Waals surface area contributed by atoms with Crippen LogP contribution in [0.2, 0.25) is 5.02 Å². The van der Waals surface area contributed by atoms with E-state index in [9.17, 15) is 9.59 Å². The summed E-state index contributed by atoms with van der Waals surface area (Å²) < 4.78 is 2.87. The molecule has 1 fully saturated rings. The van der Waals surface area contributed by atoms with Gasteiger partial charge in [0, 0.05) is 43.9 Å². The average molecular weight is 477 g/mol. The maximum absolute atomic E-state index is 13.5. The first-order chi connectivity index (χ1) is 16.3. The molecule has 1 aliphatic rings. The van der Waals surface area contributed by atoms with Crippen LogP contribution >= 0.6 is 11.6 Å². The van der Waals surface area contributed by atoms with Crippen molar-refractivity contribution >= 4 is 34.2 Å². The zero-order valence-electron chi connectivity index (χ0n) is 19.3. The second-order valence-corrected chi connectivity index (χ2v) is 9.03. The van der Waals surface area contributed by atoms with Gasteiger partial charge < -0.3 is 14.4 Å². The fourth-order valence-electron chi connectivity index (χ4n) is 4.38. The molecule has 34 heavy (non-hydrogen) atoms. The molecule has 2 aromatic heterocycles. The third kappa shape index (κ3) is 3.74. The minimum Gasteiger partial charge on any atom is -0.368 e. The Morgan fingerprint density at radius 3 is 2.41 bits per heavy atom. The first-order valence-corrected chi connectivity index (χ1v) is 11.5. The van der Waals surface area contributed by atoms with Gasteiger partial charge in [-0.2, -0.15) is 5.10 Å². The van der Waals surface area contributed by atoms with Crippen molar-refractivity contribution in [3.05, 3.63) is 81.0 Å². The number of aryl methyl sites for hydroxylation is 2. The number of piperazine rings is 1. The zero-order valence-corrected chi connectivity index (χ0v) is 20.1. The smallest absolute Gasteiger partial charge is 0.279 e. The Labute approximate surface area is 202 Å². The van der Waals surface area contributed by atoms with Crippen molar-refractivity contribution in [3.8, 4) is 5.69 Å². The van der Waals surface area contributed by atoms with E-state index < -0.39 is 0 Å². The van der Waals surface area contributed by atoms with E-state index in [0.717, 1.165) is 13.1 Å². The highest BCUT2D eigenvalue weighted by molar-refractivity contribution is 6.30. The van der Waals surface area contributed by atoms with Gasteiger partial charge in [-0.3, -0.25) is 9.59 Å². The molecule has 0 atom stereocenters. The van der Waals surface area contributed by atoms with Gasteiger partial charge in [0.1, 0.15) is 5.52 Å². The predicted octanol–water partition coefficient (Wildman–Crippen LogP) is 3.35. The van der Waals surface area contributed by atoms with Crippen LogP contribution < -0.4 is 10.5 Å². The molecule has 1 saturated heterocycles. The highest BCUT2D eigenvalue weighted by Crippen LogP contribution is 2.25. The van der Waals surface area contributed by atoms with Gasteiger partial charge in [-0.1, -0.05) is 23.7 Å². The molecule has 2 aromatic carbocycles. The fourth-order valence-corrected chi connectivity index (χ4v) is 4.51. The molecule has 174 valence electrons. The van der Waals surface area contributed by atoms with E-state index >= 15 is 0 Å². The molecule has 1 aliphatic heterocycles. The van der Waals surface area contributed by atoms with Crippen molar-refractivity contribution in [2.24, 2.45) is 7.05 Å². The second-order valence-electron chi connectivity index (χ2n) is 8.59. The first kappa shape index (κ1) is 22.2. The van der Waals surface area contributed by atoms with E-state index in [-0.39, 0.29) is 22.7 Å². The Kier molecular flexibility index (Phi) is 5.61. The van der Waals surface area contributed by atoms with E-state index in [1.54, 1.807) is 36.2 Å². The van der Waals surface area contributed by atoms with Gasteiger partial charge in [-0.15, -0.1) is 0 Å². The van der Waals surface area contributed by atoms with Crippen LogP contribution in [0.1, 0.15) is 21.6 Å². The number of fused-ring (bicyclic) bond motifs is 1. The molecule has 0 aliphatic carbocycles. The van der Waals surface area contributed by atoms with Crippen molar-refractivity contribution in [3.63, 3.8) is 0 Å². The summed E-state index contributed by atoms with van der Waals surface area (Å²) in [5.74, 6) is -0.223. The normalized spacial score (nSPS) is 14.1. The summed E-state index contributed by atoms with van der Waals surface area (Å²) in [5, 5.41) is 5.14. The third-order valence-electron chi connectivity index (χ3n) is 6.50. The number of halogens is 1. The van der Waals surface area contributed by atoms with Crippen molar-refractivity contribution in [1.29, 1.82) is 0 Å². The minimum absolute atomic E-state index is 0.183. The zero-order chi connectivity index (χ0) is 24.0. The van der Waals surface area contributed by atoms with Gasteiger partial charge in [0.2, 0.25) is 0 Å². The molecule has 0 radical (unpaired) electrons. The number of hydrogen-bond donors (Lipinski definition) is 0. The van der Waals surface area contributed by atoms with Crippen molar-refractivity contribution in [2.75, 3.05) is 31.1 Å². The molecule has 0 saturated carbocycles. The van der Waals surface area contributed by atoms with Crippen LogP contribution in [0.15, 0.2) is 53.6 Å². The number of aromatic nitrogens is 4. The summed E-state index contributed by atoms with van der Waals surface area (Å²) in [6, 6.07) is 13.3. The van der Waals surface area contributed by atoms with Gasteiger partial charge >= 0.3 is 0 Å². The number of anilines is 1. The summed E-state index contributed by atoms with van der Waals surface area (Å²) in [4.78, 5) is 35.0. The average Bonchev–Trinajstić information content (AvgIpc) is 3.23. The Hall–Kier alpha value is -3.65. The molecule has 4 aromatic rings. The standard InChI is InChI=1S/C25H25ClN6O2/c1-16-5-4-6-20(17(16)2)30-11-13-31(14-12-30)24(33)22-21-23(25(34)29(3)15-27-21)32(28-22)19-9-7-18(26)8-10-19/h4-10,15H,11-14H2,1-3H3. The van der Waals surface area contributed by atoms with E-state index in [2.05, 4.69) is 47.0 Å². The lowest BCUT2D eigenvalue weighted by molar-refractivity contribution is 0.0742. The molecule has 0 unspecified atom stereocenters. The van der Waals surface area contributed by atoms with Crippen molar-refractivity contribution in [1.82, 2.24) is 24.2 Å². The molecule has 9 heteroatoms. The van der Waals surface area contributed by atoms with E-state index in [0.29, 0.717) is 29.3 Å². The van der Waals surface area contributed by atoms with Gasteiger partial charge in [0.25, 0.3) is 11.5 Å². The molecule has 0 N–H and O–H groups in total. The molecule has 5 rings (SSSR count). The summed E-state index contributed by atoms with van der Waals surface area (Å²) in [7, 11) is 1.63. The Morgan fingerprint density at radius 2 is 1.71 bits per heavy atom. The maximum atomic E-state index is 13.5. The van der Waals surface area contributed by atoms with Crippen LogP contribution in [0.5, 0.6) is 0 Å². The van der Waals surface area contributed by atoms with Crippen LogP contribution in [-0.4, -0.2) is 56.3 Å². The molecular formula is C25H25ClN6O2. The molecule has 0 spiro atoms. The second kappa shape index (κ2) is 8.61. The van der Waals surface area contributed by atoms with Crippen molar-refractivity contribution in [2.45, 2.75) is 13.8 Å². The van der Waals surface area contributed by atoms with Crippen LogP contribution in [0.25, 0.3) is 16.7 Å². The number of rotatable bonds is 3. The maximum Gasteiger partial charge on any atom is 0.279 e. The van der Waals surface area contributed by atoms with Gasteiger partial charge in [0.15, 0.2) is 11.2 Å². The van der Waals surface area contributed by atoms with Crippen LogP contribution in [0.4, 0.5) is 5.69 Å². The predicted molar refractivity (Wildman–Crippen MR) is 133 cm³/mol. The van der Waals surface area contributed by atoms with Gasteiger partial charge in [0.05, 0.1) is 12.0 Å². The quantitative estimate of drug-likeness (QED) is 0.453. The number of benzene rings is 2. The topological polar surface area (TPSA) is 76.3 Å². The molecular weight excluding hydrogens is 452 g/mol. The SMILES string of the molecule is Cc1cccc(N2CCN(C(=O)c3nn(-c4ccc(Cl)cc4)c4c(=O)n(C)cnc34)CC2)c1C. The number of hydrogen-bond acceptors (Lipinski definition) is 5. The highest BCUT2D eigenvalue weighted by atomic mass is 35.5. The number of nitrogens with zero attached hydrogens (tertiary/aromatic N) is 6. The van der Waals surface area contributed by atoms with Crippen molar-refractivity contribution < 1.29 is 4.79 Å². The molecule has 8 nitrogen and oxygen atoms in total. The summed E-state index contributed by atoms with van der Waals surface area (Å²) >= 11 is 6.03. The summed E-state index contributed by atoms with van der Waals surface area (Å²) in [5.41, 5.74) is 4.84. The highest BCUT2D eigenvalue weighted by Gasteiger charge is 2.29. The van der Waals surface area contributed by atoms with E-state index in [4.69, 9.17) is 11.6 Å². The van der Waals surface area contributed by atoms with Gasteiger partial charge in [-0.25, -0.2) is 9.67 Å². The molecule has 3 heterocycles. The first-order valence-electron chi connectivity index (χ1n) is 11.2. The minimum atomic E-state index is -0.272. The van der Waals surface area contributed by atoms with E-state index in [1.165, 1.54) is 32.4 Å². The number of carbonyl (C=O) groups is 1. The molecule has 0 bridgehead atoms. The molecule has 1 amide bonds. The lowest BCUT2D eigenvalue weighted by atomic mass is 10.1. The van der Waals surface area contributed by atoms with Crippen LogP contribution in [0, 0.1) is 13.8 Å². The lowest BCUT2D eigenvalue weighted by Gasteiger charge is -2.36. The summed E-state index contributed by atoms with van der Waals surface area (Å²) in [6.07, 6.45) is 1.42. The summed E-state index contributed by atoms with van der Waals surface area (Å²) in [6.45, 7) is 6.81. The van der Waals surface area contributed by atoms with E-state index in [1.807, 2.05) is 0 Å². The van der Waals surface area contributed by atoms with Crippen LogP contribution in [-0.2, 0) is 7.05 Å². The third-order valence-corrected chi connectivity index (χ3v) is 6.75. The van der Waals surface area contributed by atoms with Crippen LogP contribution in [0.3, 0.4) is 0 Å². The Morgan fingerprint density at radius 1 is 1.00 bits per heavy atom. The Bertz CT molecular complexity index is 1450. The van der Waals surface area contributed by atoms with Gasteiger partial charge in [-0.05, 0) is 55.3 Å². The Balaban J connectivity index is 1.47. The lowest BCUT2D eigenvalue weighted by Crippen LogP contribution is -2.49. The monoisotopic (exact) mass is 476 g/mol. The fraction of sp³-hybridized carbons (Fsp3) is 0.280.